The van der Waals surface area contributed by atoms with E-state index in [0.29, 0.717) is 32.0 Å². The quantitative estimate of drug-likeness (QED) is 0.716. The van der Waals surface area contributed by atoms with E-state index < -0.39 is 10.0 Å². The molecule has 3 rings (SSSR count). The Morgan fingerprint density at radius 2 is 1.70 bits per heavy atom. The van der Waals surface area contributed by atoms with Crippen molar-refractivity contribution in [3.63, 3.8) is 0 Å². The largest absolute Gasteiger partial charge is 0.339 e. The lowest BCUT2D eigenvalue weighted by Crippen LogP contribution is -2.49. The van der Waals surface area contributed by atoms with Crippen LogP contribution in [0.15, 0.2) is 23.1 Å². The van der Waals surface area contributed by atoms with Gasteiger partial charge in [-0.15, -0.1) is 0 Å². The van der Waals surface area contributed by atoms with Crippen molar-refractivity contribution in [1.82, 2.24) is 9.21 Å². The van der Waals surface area contributed by atoms with Crippen molar-refractivity contribution in [3.05, 3.63) is 28.2 Å². The molecule has 1 aromatic rings. The molecule has 0 aliphatic carbocycles. The summed E-state index contributed by atoms with van der Waals surface area (Å²) in [5, 5.41) is 0.250. The molecule has 1 aromatic carbocycles. The first kappa shape index (κ1) is 20.9. The lowest BCUT2D eigenvalue weighted by atomic mass is 9.92. The first-order valence-corrected chi connectivity index (χ1v) is 11.8. The number of rotatable bonds is 4. The molecule has 2 saturated heterocycles. The normalized spacial score (nSPS) is 22.8. The van der Waals surface area contributed by atoms with E-state index in [2.05, 4.69) is 6.92 Å². The Morgan fingerprint density at radius 3 is 2.30 bits per heavy atom. The highest BCUT2D eigenvalue weighted by atomic mass is 35.5. The zero-order valence-electron chi connectivity index (χ0n) is 15.5. The van der Waals surface area contributed by atoms with Crippen LogP contribution >= 0.6 is 23.2 Å². The average Bonchev–Trinajstić information content (AvgIpc) is 2.67. The van der Waals surface area contributed by atoms with Crippen LogP contribution in [-0.2, 0) is 14.8 Å². The molecule has 0 spiro atoms. The first-order valence-electron chi connectivity index (χ1n) is 9.61. The number of nitrogens with zero attached hydrogens (tertiary/aromatic N) is 2. The Labute approximate surface area is 171 Å². The van der Waals surface area contributed by atoms with Gasteiger partial charge < -0.3 is 4.90 Å². The summed E-state index contributed by atoms with van der Waals surface area (Å²) in [4.78, 5) is 15.0. The van der Waals surface area contributed by atoms with Crippen molar-refractivity contribution in [2.45, 2.75) is 56.4 Å². The summed E-state index contributed by atoms with van der Waals surface area (Å²) in [6.45, 7) is 3.57. The number of benzene rings is 1. The molecule has 150 valence electrons. The van der Waals surface area contributed by atoms with Crippen molar-refractivity contribution < 1.29 is 13.2 Å². The van der Waals surface area contributed by atoms with Crippen LogP contribution in [0.5, 0.6) is 0 Å². The molecular formula is C19H26Cl2N2O3S. The monoisotopic (exact) mass is 432 g/mol. The molecule has 0 radical (unpaired) electrons. The highest BCUT2D eigenvalue weighted by Gasteiger charge is 2.37. The Kier molecular flexibility index (Phi) is 6.72. The maximum atomic E-state index is 13.0. The van der Waals surface area contributed by atoms with Crippen molar-refractivity contribution in [2.75, 3.05) is 19.6 Å². The van der Waals surface area contributed by atoms with Gasteiger partial charge in [0.2, 0.25) is 15.9 Å². The van der Waals surface area contributed by atoms with Crippen molar-refractivity contribution in [3.8, 4) is 0 Å². The molecule has 1 unspecified atom stereocenters. The molecule has 27 heavy (non-hydrogen) atoms. The summed E-state index contributed by atoms with van der Waals surface area (Å²) in [5.41, 5.74) is 0. The van der Waals surface area contributed by atoms with Gasteiger partial charge in [0.1, 0.15) is 4.90 Å². The Hall–Kier alpha value is -0.820. The number of piperidine rings is 2. The van der Waals surface area contributed by atoms with Crippen LogP contribution in [0, 0.1) is 5.92 Å². The van der Waals surface area contributed by atoms with Crippen LogP contribution < -0.4 is 0 Å². The number of amides is 1. The predicted octanol–water partition coefficient (Wildman–Crippen LogP) is 4.19. The second kappa shape index (κ2) is 8.68. The van der Waals surface area contributed by atoms with Crippen LogP contribution in [0.1, 0.15) is 45.4 Å². The zero-order chi connectivity index (χ0) is 19.6. The summed E-state index contributed by atoms with van der Waals surface area (Å²) < 4.78 is 27.3. The molecule has 5 nitrogen and oxygen atoms in total. The minimum atomic E-state index is -3.77. The molecule has 2 aliphatic rings. The van der Waals surface area contributed by atoms with Gasteiger partial charge in [0.25, 0.3) is 0 Å². The fourth-order valence-electron chi connectivity index (χ4n) is 4.15. The molecule has 2 aliphatic heterocycles. The molecule has 1 amide bonds. The molecular weight excluding hydrogens is 407 g/mol. The van der Waals surface area contributed by atoms with E-state index in [1.165, 1.54) is 22.9 Å². The topological polar surface area (TPSA) is 57.7 Å². The van der Waals surface area contributed by atoms with Gasteiger partial charge in [-0.3, -0.25) is 4.79 Å². The van der Waals surface area contributed by atoms with E-state index >= 15 is 0 Å². The Balaban J connectivity index is 1.69. The molecule has 0 N–H and O–H groups in total. The molecule has 0 saturated carbocycles. The lowest BCUT2D eigenvalue weighted by Gasteiger charge is -2.39. The highest BCUT2D eigenvalue weighted by Crippen LogP contribution is 2.34. The number of sulfonamides is 1. The van der Waals surface area contributed by atoms with Crippen molar-refractivity contribution in [1.29, 1.82) is 0 Å². The third-order valence-electron chi connectivity index (χ3n) is 5.70. The van der Waals surface area contributed by atoms with Gasteiger partial charge in [0.05, 0.1) is 10.0 Å². The minimum Gasteiger partial charge on any atom is -0.339 e. The van der Waals surface area contributed by atoms with Crippen molar-refractivity contribution in [2.24, 2.45) is 5.92 Å². The summed E-state index contributed by atoms with van der Waals surface area (Å²) in [6.07, 6.45) is 5.35. The molecule has 2 fully saturated rings. The Morgan fingerprint density at radius 1 is 1.07 bits per heavy atom. The summed E-state index contributed by atoms with van der Waals surface area (Å²) in [7, 11) is -3.77. The first-order chi connectivity index (χ1) is 12.9. The minimum absolute atomic E-state index is 0.0415. The van der Waals surface area contributed by atoms with E-state index in [1.807, 2.05) is 4.90 Å². The fraction of sp³-hybridized carbons (Fsp3) is 0.632. The summed E-state index contributed by atoms with van der Waals surface area (Å²) in [6, 6.07) is 5.00. The number of carbonyl (C=O) groups excluding carboxylic acids is 1. The van der Waals surface area contributed by atoms with Crippen LogP contribution in [0.25, 0.3) is 0 Å². The number of likely N-dealkylation sites (tertiary alicyclic amines) is 1. The van der Waals surface area contributed by atoms with Crippen LogP contribution in [0.4, 0.5) is 0 Å². The van der Waals surface area contributed by atoms with Crippen LogP contribution in [0.3, 0.4) is 0 Å². The zero-order valence-corrected chi connectivity index (χ0v) is 17.9. The maximum Gasteiger partial charge on any atom is 0.246 e. The van der Waals surface area contributed by atoms with Gasteiger partial charge in [-0.1, -0.05) is 36.2 Å². The number of hydrogen-bond donors (Lipinski definition) is 0. The second-order valence-corrected chi connectivity index (χ2v) is 10.0. The smallest absolute Gasteiger partial charge is 0.246 e. The van der Waals surface area contributed by atoms with E-state index in [9.17, 15) is 13.2 Å². The van der Waals surface area contributed by atoms with E-state index in [-0.39, 0.29) is 26.8 Å². The van der Waals surface area contributed by atoms with E-state index in [4.69, 9.17) is 23.2 Å². The number of halogens is 2. The molecule has 1 atom stereocenters. The molecule has 2 heterocycles. The average molecular weight is 433 g/mol. The van der Waals surface area contributed by atoms with Gasteiger partial charge in [0.15, 0.2) is 0 Å². The van der Waals surface area contributed by atoms with Gasteiger partial charge >= 0.3 is 0 Å². The lowest BCUT2D eigenvalue weighted by molar-refractivity contribution is -0.140. The summed E-state index contributed by atoms with van der Waals surface area (Å²) >= 11 is 12.2. The molecule has 0 aromatic heterocycles. The Bertz CT molecular complexity index is 772. The van der Waals surface area contributed by atoms with Gasteiger partial charge in [0, 0.05) is 31.6 Å². The predicted molar refractivity (Wildman–Crippen MR) is 108 cm³/mol. The highest BCUT2D eigenvalue weighted by molar-refractivity contribution is 7.89. The van der Waals surface area contributed by atoms with Gasteiger partial charge in [-0.2, -0.15) is 4.31 Å². The SMILES string of the molecule is CCC1CCCCN1C(=O)C1CCN(S(=O)(=O)c2c(Cl)cccc2Cl)CC1. The van der Waals surface area contributed by atoms with Gasteiger partial charge in [-0.25, -0.2) is 8.42 Å². The third-order valence-corrected chi connectivity index (χ3v) is 8.56. The van der Waals surface area contributed by atoms with Crippen LogP contribution in [0.2, 0.25) is 10.0 Å². The standard InChI is InChI=1S/C19H26Cl2N2O3S/c1-2-15-6-3-4-11-23(15)19(24)14-9-12-22(13-10-14)27(25,26)18-16(20)7-5-8-17(18)21/h5,7-8,14-15H,2-4,6,9-13H2,1H3. The fourth-order valence-corrected chi connectivity index (χ4v) is 6.71. The molecule has 8 heteroatoms. The van der Waals surface area contributed by atoms with Crippen molar-refractivity contribution >= 4 is 39.1 Å². The number of hydrogen-bond acceptors (Lipinski definition) is 3. The molecule has 0 bridgehead atoms. The van der Waals surface area contributed by atoms with Crippen LogP contribution in [-0.4, -0.2) is 49.2 Å². The number of carbonyl (C=O) groups is 1. The second-order valence-electron chi connectivity index (χ2n) is 7.32. The third kappa shape index (κ3) is 4.29. The van der Waals surface area contributed by atoms with E-state index in [1.54, 1.807) is 6.07 Å². The maximum absolute atomic E-state index is 13.0. The van der Waals surface area contributed by atoms with Gasteiger partial charge in [-0.05, 0) is 50.7 Å². The van der Waals surface area contributed by atoms with E-state index in [0.717, 1.165) is 25.8 Å². The summed E-state index contributed by atoms with van der Waals surface area (Å²) in [5.74, 6) is 0.0830.